The fourth-order valence-electron chi connectivity index (χ4n) is 0.926. The van der Waals surface area contributed by atoms with Crippen molar-refractivity contribution >= 4 is 6.08 Å². The maximum atomic E-state index is 13.0. The lowest BCUT2D eigenvalue weighted by Gasteiger charge is -2.02. The van der Waals surface area contributed by atoms with Crippen molar-refractivity contribution in [1.82, 2.24) is 0 Å². The normalized spacial score (nSPS) is 11.1. The lowest BCUT2D eigenvalue weighted by Crippen LogP contribution is -1.95. The Morgan fingerprint density at radius 2 is 1.93 bits per heavy atom. The summed E-state index contributed by atoms with van der Waals surface area (Å²) in [6, 6.07) is 0.649. The van der Waals surface area contributed by atoms with Gasteiger partial charge in [0.15, 0.2) is 17.4 Å². The third-order valence-corrected chi connectivity index (χ3v) is 1.59. The number of phenols is 1. The molecular weight excluding hydrogens is 195 g/mol. The summed E-state index contributed by atoms with van der Waals surface area (Å²) >= 11 is 0. The predicted octanol–water partition coefficient (Wildman–Crippen LogP) is 1.78. The van der Waals surface area contributed by atoms with Crippen molar-refractivity contribution in [3.8, 4) is 5.75 Å². The molecule has 0 fully saturated rings. The monoisotopic (exact) mass is 203 g/mol. The van der Waals surface area contributed by atoms with Crippen LogP contribution in [0.15, 0.2) is 12.1 Å². The highest BCUT2D eigenvalue weighted by molar-refractivity contribution is 5.53. The Bertz CT molecular complexity index is 377. The van der Waals surface area contributed by atoms with Crippen LogP contribution in [0.25, 0.3) is 6.08 Å². The van der Waals surface area contributed by atoms with Crippen LogP contribution in [-0.2, 0) is 0 Å². The van der Waals surface area contributed by atoms with Gasteiger partial charge in [0.2, 0.25) is 5.82 Å². The molecule has 0 radical (unpaired) electrons. The van der Waals surface area contributed by atoms with Crippen molar-refractivity contribution in [2.45, 2.75) is 0 Å². The van der Waals surface area contributed by atoms with Crippen LogP contribution in [0.3, 0.4) is 0 Å². The highest BCUT2D eigenvalue weighted by Crippen LogP contribution is 2.26. The number of benzene rings is 1. The van der Waals surface area contributed by atoms with Crippen LogP contribution in [0.1, 0.15) is 5.56 Å². The molecule has 0 bridgehead atoms. The Kier molecular flexibility index (Phi) is 3.14. The predicted molar refractivity (Wildman–Crippen MR) is 46.1 cm³/mol. The van der Waals surface area contributed by atoms with Gasteiger partial charge in [0.05, 0.1) is 0 Å². The van der Waals surface area contributed by atoms with Gasteiger partial charge >= 0.3 is 0 Å². The van der Waals surface area contributed by atoms with E-state index in [0.29, 0.717) is 6.07 Å². The fraction of sp³-hybridized carbons (Fsp3) is 0.111. The first kappa shape index (κ1) is 10.6. The quantitative estimate of drug-likeness (QED) is 0.719. The van der Waals surface area contributed by atoms with Crippen LogP contribution in [0.4, 0.5) is 13.2 Å². The summed E-state index contributed by atoms with van der Waals surface area (Å²) in [6.45, 7) is 0.138. The Morgan fingerprint density at radius 3 is 2.50 bits per heavy atom. The molecule has 0 aromatic heterocycles. The van der Waals surface area contributed by atoms with Gasteiger partial charge in [-0.1, -0.05) is 12.2 Å². The highest BCUT2D eigenvalue weighted by Gasteiger charge is 2.16. The Labute approximate surface area is 78.5 Å². The molecule has 1 aromatic rings. The van der Waals surface area contributed by atoms with Gasteiger partial charge < -0.3 is 10.8 Å². The smallest absolute Gasteiger partial charge is 0.203 e. The third kappa shape index (κ3) is 1.88. The highest BCUT2D eigenvalue weighted by atomic mass is 19.2. The molecule has 0 heterocycles. The average molecular weight is 203 g/mol. The summed E-state index contributed by atoms with van der Waals surface area (Å²) in [6.07, 6.45) is 2.52. The molecule has 1 rings (SSSR count). The van der Waals surface area contributed by atoms with Gasteiger partial charge in [-0.2, -0.15) is 4.39 Å². The Hall–Kier alpha value is -1.49. The molecule has 0 atom stereocenters. The van der Waals surface area contributed by atoms with E-state index in [1.807, 2.05) is 0 Å². The number of phenolic OH excluding ortho intramolecular Hbond substituents is 1. The maximum absolute atomic E-state index is 13.0. The topological polar surface area (TPSA) is 46.2 Å². The van der Waals surface area contributed by atoms with E-state index in [-0.39, 0.29) is 12.1 Å². The fourth-order valence-corrected chi connectivity index (χ4v) is 0.926. The zero-order chi connectivity index (χ0) is 10.7. The minimum Gasteiger partial charge on any atom is -0.503 e. The summed E-state index contributed by atoms with van der Waals surface area (Å²) < 4.78 is 38.3. The molecule has 0 aliphatic rings. The van der Waals surface area contributed by atoms with E-state index in [9.17, 15) is 13.2 Å². The van der Waals surface area contributed by atoms with Crippen molar-refractivity contribution in [3.63, 3.8) is 0 Å². The summed E-state index contributed by atoms with van der Waals surface area (Å²) in [5, 5.41) is 8.81. The number of halogens is 3. The van der Waals surface area contributed by atoms with Crippen molar-refractivity contribution < 1.29 is 18.3 Å². The maximum Gasteiger partial charge on any atom is 0.203 e. The second kappa shape index (κ2) is 4.15. The molecule has 14 heavy (non-hydrogen) atoms. The first-order chi connectivity index (χ1) is 6.57. The number of hydrogen-bond acceptors (Lipinski definition) is 2. The molecule has 0 saturated heterocycles. The van der Waals surface area contributed by atoms with Gasteiger partial charge in [0.1, 0.15) is 0 Å². The molecule has 0 spiro atoms. The molecule has 76 valence electrons. The van der Waals surface area contributed by atoms with Gasteiger partial charge in [-0.15, -0.1) is 0 Å². The van der Waals surface area contributed by atoms with Crippen molar-refractivity contribution in [3.05, 3.63) is 35.2 Å². The first-order valence-electron chi connectivity index (χ1n) is 3.81. The average Bonchev–Trinajstić information content (AvgIpc) is 2.18. The van der Waals surface area contributed by atoms with Gasteiger partial charge in [0, 0.05) is 12.1 Å². The van der Waals surface area contributed by atoms with Crippen molar-refractivity contribution in [2.75, 3.05) is 6.54 Å². The molecular formula is C9H8F3NO. The lowest BCUT2D eigenvalue weighted by molar-refractivity contribution is 0.376. The molecule has 0 saturated carbocycles. The van der Waals surface area contributed by atoms with Crippen LogP contribution in [0.5, 0.6) is 5.75 Å². The SMILES string of the molecule is NC/C=C/c1cc(F)c(F)c(O)c1F. The molecule has 0 aliphatic heterocycles. The summed E-state index contributed by atoms with van der Waals surface area (Å²) in [5.74, 6) is -5.41. The summed E-state index contributed by atoms with van der Waals surface area (Å²) in [5.41, 5.74) is 4.85. The molecule has 3 N–H and O–H groups in total. The second-order valence-corrected chi connectivity index (χ2v) is 2.56. The van der Waals surface area contributed by atoms with E-state index in [0.717, 1.165) is 6.08 Å². The van der Waals surface area contributed by atoms with E-state index in [1.54, 1.807) is 0 Å². The van der Waals surface area contributed by atoms with Crippen LogP contribution in [-0.4, -0.2) is 11.7 Å². The Balaban J connectivity index is 3.26. The van der Waals surface area contributed by atoms with Gasteiger partial charge in [-0.05, 0) is 6.07 Å². The van der Waals surface area contributed by atoms with Crippen molar-refractivity contribution in [2.24, 2.45) is 5.73 Å². The third-order valence-electron chi connectivity index (χ3n) is 1.59. The zero-order valence-corrected chi connectivity index (χ0v) is 7.10. The largest absolute Gasteiger partial charge is 0.503 e. The number of hydrogen-bond donors (Lipinski definition) is 2. The summed E-state index contributed by atoms with van der Waals surface area (Å²) in [4.78, 5) is 0. The Morgan fingerprint density at radius 1 is 1.29 bits per heavy atom. The van der Waals surface area contributed by atoms with E-state index in [2.05, 4.69) is 0 Å². The zero-order valence-electron chi connectivity index (χ0n) is 7.10. The molecule has 0 aliphatic carbocycles. The van der Waals surface area contributed by atoms with Crippen LogP contribution in [0.2, 0.25) is 0 Å². The van der Waals surface area contributed by atoms with Crippen LogP contribution in [0, 0.1) is 17.5 Å². The molecule has 0 amide bonds. The van der Waals surface area contributed by atoms with Crippen LogP contribution < -0.4 is 5.73 Å². The number of rotatable bonds is 2. The minimum absolute atomic E-state index is 0.138. The van der Waals surface area contributed by atoms with E-state index in [1.165, 1.54) is 6.08 Å². The van der Waals surface area contributed by atoms with E-state index < -0.39 is 23.2 Å². The van der Waals surface area contributed by atoms with Gasteiger partial charge in [-0.3, -0.25) is 0 Å². The molecule has 2 nitrogen and oxygen atoms in total. The van der Waals surface area contributed by atoms with E-state index >= 15 is 0 Å². The van der Waals surface area contributed by atoms with Crippen LogP contribution >= 0.6 is 0 Å². The number of aromatic hydroxyl groups is 1. The van der Waals surface area contributed by atoms with E-state index in [4.69, 9.17) is 10.8 Å². The van der Waals surface area contributed by atoms with Gasteiger partial charge in [0.25, 0.3) is 0 Å². The molecule has 1 aromatic carbocycles. The second-order valence-electron chi connectivity index (χ2n) is 2.56. The van der Waals surface area contributed by atoms with Gasteiger partial charge in [-0.25, -0.2) is 8.78 Å². The molecule has 0 unspecified atom stereocenters. The van der Waals surface area contributed by atoms with Crippen molar-refractivity contribution in [1.29, 1.82) is 0 Å². The molecule has 5 heteroatoms. The summed E-state index contributed by atoms with van der Waals surface area (Å²) in [7, 11) is 0. The standard InChI is InChI=1S/C9H8F3NO/c10-6-4-5(2-1-3-13)7(11)9(14)8(6)12/h1-2,4,14H,3,13H2/b2-1+. The number of nitrogens with two attached hydrogens (primary N) is 1. The lowest BCUT2D eigenvalue weighted by atomic mass is 10.1. The first-order valence-corrected chi connectivity index (χ1v) is 3.81. The minimum atomic E-state index is -1.59.